The fraction of sp³-hybridized carbons (Fsp3) is 0.143. The maximum absolute atomic E-state index is 9.51. The number of benzene rings is 2. The van der Waals surface area contributed by atoms with Crippen molar-refractivity contribution in [1.29, 1.82) is 5.26 Å². The van der Waals surface area contributed by atoms with Crippen molar-refractivity contribution in [3.05, 3.63) is 83.7 Å². The van der Waals surface area contributed by atoms with E-state index in [2.05, 4.69) is 33.5 Å². The third kappa shape index (κ3) is 3.35. The highest BCUT2D eigenvalue weighted by atomic mass is 15.3. The van der Waals surface area contributed by atoms with E-state index in [0.717, 1.165) is 40.3 Å². The first-order valence-corrected chi connectivity index (χ1v) is 8.63. The Bertz CT molecular complexity index is 1130. The quantitative estimate of drug-likeness (QED) is 0.560. The van der Waals surface area contributed by atoms with Gasteiger partial charge in [0, 0.05) is 11.8 Å². The Morgan fingerprint density at radius 2 is 1.89 bits per heavy atom. The number of aromatic nitrogens is 5. The molecular weight excluding hydrogens is 336 g/mol. The van der Waals surface area contributed by atoms with Crippen molar-refractivity contribution in [3.63, 3.8) is 0 Å². The van der Waals surface area contributed by atoms with E-state index in [9.17, 15) is 5.26 Å². The lowest BCUT2D eigenvalue weighted by atomic mass is 9.98. The minimum absolute atomic E-state index is 0.644. The standard InChI is InChI=1S/C21H18N6/c1-15-11-24-27(12-15)20-8-7-19(10-22)21(9-20)18-5-3-17(4-6-18)13-26-14-23-25-16(26)2/h3-9,11-12,14H,13H2,1-2H3. The van der Waals surface area contributed by atoms with Gasteiger partial charge >= 0.3 is 0 Å². The average Bonchev–Trinajstić information content (AvgIpc) is 3.30. The highest BCUT2D eigenvalue weighted by Crippen LogP contribution is 2.27. The van der Waals surface area contributed by atoms with E-state index < -0.39 is 0 Å². The Hall–Kier alpha value is -3.72. The summed E-state index contributed by atoms with van der Waals surface area (Å²) in [5.74, 6) is 0.882. The predicted octanol–water partition coefficient (Wildman–Crippen LogP) is 3.67. The Balaban J connectivity index is 1.68. The molecule has 0 saturated heterocycles. The van der Waals surface area contributed by atoms with Gasteiger partial charge in [-0.3, -0.25) is 0 Å². The third-order valence-electron chi connectivity index (χ3n) is 4.53. The summed E-state index contributed by atoms with van der Waals surface area (Å²) in [5.41, 5.74) is 5.72. The molecule has 6 heteroatoms. The summed E-state index contributed by atoms with van der Waals surface area (Å²) in [6.07, 6.45) is 5.52. The van der Waals surface area contributed by atoms with Gasteiger partial charge in [0.15, 0.2) is 0 Å². The predicted molar refractivity (Wildman–Crippen MR) is 102 cm³/mol. The minimum Gasteiger partial charge on any atom is -0.313 e. The molecule has 0 radical (unpaired) electrons. The second kappa shape index (κ2) is 6.89. The van der Waals surface area contributed by atoms with Gasteiger partial charge in [0.1, 0.15) is 12.2 Å². The van der Waals surface area contributed by atoms with Crippen LogP contribution < -0.4 is 0 Å². The Labute approximate surface area is 157 Å². The molecule has 0 unspecified atom stereocenters. The van der Waals surface area contributed by atoms with E-state index in [-0.39, 0.29) is 0 Å². The normalized spacial score (nSPS) is 10.7. The topological polar surface area (TPSA) is 72.3 Å². The van der Waals surface area contributed by atoms with Crippen LogP contribution in [0.5, 0.6) is 0 Å². The van der Waals surface area contributed by atoms with Gasteiger partial charge in [0.05, 0.1) is 30.1 Å². The van der Waals surface area contributed by atoms with Crippen LogP contribution in [0.4, 0.5) is 0 Å². The van der Waals surface area contributed by atoms with Crippen LogP contribution >= 0.6 is 0 Å². The molecule has 0 N–H and O–H groups in total. The molecule has 4 rings (SSSR count). The minimum atomic E-state index is 0.644. The van der Waals surface area contributed by atoms with Crippen molar-refractivity contribution in [3.8, 4) is 22.9 Å². The van der Waals surface area contributed by atoms with E-state index >= 15 is 0 Å². The maximum atomic E-state index is 9.51. The first kappa shape index (κ1) is 16.7. The number of hydrogen-bond acceptors (Lipinski definition) is 4. The highest BCUT2D eigenvalue weighted by molar-refractivity contribution is 5.73. The molecule has 2 aromatic heterocycles. The number of nitriles is 1. The molecule has 4 aromatic rings. The molecular formula is C21H18N6. The SMILES string of the molecule is Cc1cnn(-c2ccc(C#N)c(-c3ccc(Cn4cnnc4C)cc3)c2)c1. The van der Waals surface area contributed by atoms with Crippen LogP contribution in [0.25, 0.3) is 16.8 Å². The van der Waals surface area contributed by atoms with Crippen molar-refractivity contribution >= 4 is 0 Å². The van der Waals surface area contributed by atoms with Gasteiger partial charge in [0.25, 0.3) is 0 Å². The van der Waals surface area contributed by atoms with Gasteiger partial charge in [0.2, 0.25) is 0 Å². The van der Waals surface area contributed by atoms with E-state index in [1.165, 1.54) is 0 Å². The molecule has 132 valence electrons. The monoisotopic (exact) mass is 354 g/mol. The van der Waals surface area contributed by atoms with Gasteiger partial charge in [-0.15, -0.1) is 10.2 Å². The average molecular weight is 354 g/mol. The van der Waals surface area contributed by atoms with Gasteiger partial charge in [-0.2, -0.15) is 10.4 Å². The van der Waals surface area contributed by atoms with Gasteiger partial charge in [-0.05, 0) is 48.7 Å². The molecule has 6 nitrogen and oxygen atoms in total. The smallest absolute Gasteiger partial charge is 0.129 e. The van der Waals surface area contributed by atoms with Crippen molar-refractivity contribution in [2.75, 3.05) is 0 Å². The largest absolute Gasteiger partial charge is 0.313 e. The molecule has 0 aliphatic heterocycles. The summed E-state index contributed by atoms with van der Waals surface area (Å²) in [5, 5.41) is 21.8. The van der Waals surface area contributed by atoms with Crippen molar-refractivity contribution in [2.45, 2.75) is 20.4 Å². The van der Waals surface area contributed by atoms with E-state index in [1.807, 2.05) is 65.8 Å². The van der Waals surface area contributed by atoms with Crippen molar-refractivity contribution in [1.82, 2.24) is 24.5 Å². The molecule has 0 spiro atoms. The molecule has 0 bridgehead atoms. The third-order valence-corrected chi connectivity index (χ3v) is 4.53. The summed E-state index contributed by atoms with van der Waals surface area (Å²) in [6.45, 7) is 4.66. The zero-order valence-corrected chi connectivity index (χ0v) is 15.2. The first-order chi connectivity index (χ1) is 13.1. The molecule has 0 saturated carbocycles. The van der Waals surface area contributed by atoms with Gasteiger partial charge in [-0.25, -0.2) is 4.68 Å². The van der Waals surface area contributed by atoms with Crippen LogP contribution in [0, 0.1) is 25.2 Å². The lowest BCUT2D eigenvalue weighted by molar-refractivity contribution is 0.761. The zero-order valence-electron chi connectivity index (χ0n) is 15.2. The summed E-state index contributed by atoms with van der Waals surface area (Å²) < 4.78 is 3.82. The number of rotatable bonds is 4. The number of aryl methyl sites for hydroxylation is 2. The van der Waals surface area contributed by atoms with E-state index in [1.54, 1.807) is 6.33 Å². The zero-order chi connectivity index (χ0) is 18.8. The van der Waals surface area contributed by atoms with Crippen LogP contribution in [-0.2, 0) is 6.54 Å². The van der Waals surface area contributed by atoms with Crippen LogP contribution in [-0.4, -0.2) is 24.5 Å². The summed E-state index contributed by atoms with van der Waals surface area (Å²) in [6, 6.07) is 16.3. The molecule has 27 heavy (non-hydrogen) atoms. The van der Waals surface area contributed by atoms with Crippen molar-refractivity contribution < 1.29 is 0 Å². The summed E-state index contributed by atoms with van der Waals surface area (Å²) in [7, 11) is 0. The van der Waals surface area contributed by atoms with E-state index in [0.29, 0.717) is 5.56 Å². The van der Waals surface area contributed by atoms with Crippen LogP contribution in [0.3, 0.4) is 0 Å². The second-order valence-corrected chi connectivity index (χ2v) is 6.51. The highest BCUT2D eigenvalue weighted by Gasteiger charge is 2.09. The Morgan fingerprint density at radius 3 is 2.52 bits per heavy atom. The molecule has 0 amide bonds. The van der Waals surface area contributed by atoms with Gasteiger partial charge < -0.3 is 4.57 Å². The lowest BCUT2D eigenvalue weighted by Gasteiger charge is -2.10. The number of nitrogens with zero attached hydrogens (tertiary/aromatic N) is 6. The van der Waals surface area contributed by atoms with Gasteiger partial charge in [-0.1, -0.05) is 24.3 Å². The van der Waals surface area contributed by atoms with Crippen LogP contribution in [0.15, 0.2) is 61.2 Å². The fourth-order valence-electron chi connectivity index (χ4n) is 3.02. The maximum Gasteiger partial charge on any atom is 0.129 e. The van der Waals surface area contributed by atoms with Crippen LogP contribution in [0.1, 0.15) is 22.5 Å². The Morgan fingerprint density at radius 1 is 1.07 bits per heavy atom. The first-order valence-electron chi connectivity index (χ1n) is 8.63. The molecule has 2 heterocycles. The summed E-state index contributed by atoms with van der Waals surface area (Å²) in [4.78, 5) is 0. The molecule has 0 fully saturated rings. The second-order valence-electron chi connectivity index (χ2n) is 6.51. The molecule has 0 aliphatic carbocycles. The molecule has 0 atom stereocenters. The summed E-state index contributed by atoms with van der Waals surface area (Å²) >= 11 is 0. The van der Waals surface area contributed by atoms with Crippen molar-refractivity contribution in [2.24, 2.45) is 0 Å². The molecule has 2 aromatic carbocycles. The molecule has 0 aliphatic rings. The van der Waals surface area contributed by atoms with Crippen LogP contribution in [0.2, 0.25) is 0 Å². The Kier molecular flexibility index (Phi) is 4.27. The lowest BCUT2D eigenvalue weighted by Crippen LogP contribution is -2.00. The fourth-order valence-corrected chi connectivity index (χ4v) is 3.02. The van der Waals surface area contributed by atoms with E-state index in [4.69, 9.17) is 0 Å². The number of hydrogen-bond donors (Lipinski definition) is 0.